The lowest BCUT2D eigenvalue weighted by Crippen LogP contribution is -2.39. The number of fused-ring (bicyclic) bond motifs is 1. The highest BCUT2D eigenvalue weighted by molar-refractivity contribution is 7.07. The molecule has 1 unspecified atom stereocenters. The maximum atomic E-state index is 12.8. The second kappa shape index (κ2) is 5.86. The number of hydrogen-bond acceptors (Lipinski definition) is 5. The van der Waals surface area contributed by atoms with Gasteiger partial charge >= 0.3 is 0 Å². The third kappa shape index (κ3) is 2.52. The van der Waals surface area contributed by atoms with Gasteiger partial charge < -0.3 is 4.90 Å². The molecule has 4 heterocycles. The Labute approximate surface area is 142 Å². The first-order valence-corrected chi connectivity index (χ1v) is 8.86. The zero-order chi connectivity index (χ0) is 16.7. The molecule has 0 radical (unpaired) electrons. The van der Waals surface area contributed by atoms with Crippen LogP contribution in [-0.2, 0) is 0 Å². The van der Waals surface area contributed by atoms with Crippen molar-refractivity contribution in [2.24, 2.45) is 0 Å². The standard InChI is InChI=1S/C16H17N5O2S/c1-10-6-15(22)21-14(18-10)7-11(19-21)13-4-2-3-5-20(13)16(23)12-8-24-9-17-12/h6-9,13,19H,2-5H2,1H3. The van der Waals surface area contributed by atoms with Crippen molar-refractivity contribution in [2.75, 3.05) is 6.54 Å². The maximum Gasteiger partial charge on any atom is 0.273 e. The molecule has 1 amide bonds. The van der Waals surface area contributed by atoms with Crippen LogP contribution >= 0.6 is 11.3 Å². The SMILES string of the molecule is Cc1cc(=O)n2[nH]c(C3CCCCN3C(=O)c3cscn3)cc2n1. The lowest BCUT2D eigenvalue weighted by atomic mass is 9.99. The largest absolute Gasteiger partial charge is 0.329 e. The predicted octanol–water partition coefficient (Wildman–Crippen LogP) is 2.15. The van der Waals surface area contributed by atoms with E-state index in [2.05, 4.69) is 15.1 Å². The van der Waals surface area contributed by atoms with Crippen molar-refractivity contribution in [3.05, 3.63) is 50.5 Å². The van der Waals surface area contributed by atoms with Gasteiger partial charge in [-0.25, -0.2) is 14.5 Å². The molecule has 0 aliphatic carbocycles. The van der Waals surface area contributed by atoms with Gasteiger partial charge in [-0.3, -0.25) is 14.7 Å². The Balaban J connectivity index is 1.74. The average Bonchev–Trinajstić information content (AvgIpc) is 3.23. The molecular weight excluding hydrogens is 326 g/mol. The fourth-order valence-electron chi connectivity index (χ4n) is 3.26. The Morgan fingerprint density at radius 1 is 1.38 bits per heavy atom. The second-order valence-corrected chi connectivity index (χ2v) is 6.74. The molecule has 7 nitrogen and oxygen atoms in total. The molecule has 4 rings (SSSR count). The molecule has 1 aliphatic rings. The fraction of sp³-hybridized carbons (Fsp3) is 0.375. The van der Waals surface area contributed by atoms with Gasteiger partial charge in [0.15, 0.2) is 5.65 Å². The van der Waals surface area contributed by atoms with Gasteiger partial charge in [-0.1, -0.05) is 0 Å². The quantitative estimate of drug-likeness (QED) is 0.773. The molecular formula is C16H17N5O2S. The minimum atomic E-state index is -0.142. The minimum absolute atomic E-state index is 0.0592. The molecule has 1 N–H and O–H groups in total. The van der Waals surface area contributed by atoms with E-state index in [0.717, 1.165) is 25.0 Å². The number of rotatable bonds is 2. The summed E-state index contributed by atoms with van der Waals surface area (Å²) in [5.41, 5.74) is 4.12. The molecule has 1 saturated heterocycles. The van der Waals surface area contributed by atoms with E-state index in [1.165, 1.54) is 21.9 Å². The van der Waals surface area contributed by atoms with Crippen molar-refractivity contribution in [3.63, 3.8) is 0 Å². The number of aromatic nitrogens is 4. The van der Waals surface area contributed by atoms with Gasteiger partial charge in [0.25, 0.3) is 11.5 Å². The van der Waals surface area contributed by atoms with Gasteiger partial charge in [0.1, 0.15) is 5.69 Å². The minimum Gasteiger partial charge on any atom is -0.329 e. The first-order valence-electron chi connectivity index (χ1n) is 7.92. The molecule has 0 spiro atoms. The first kappa shape index (κ1) is 15.1. The van der Waals surface area contributed by atoms with E-state index in [4.69, 9.17) is 0 Å². The molecule has 0 bridgehead atoms. The van der Waals surface area contributed by atoms with E-state index in [1.54, 1.807) is 17.8 Å². The van der Waals surface area contributed by atoms with Crippen LogP contribution < -0.4 is 5.56 Å². The number of H-pyrrole nitrogens is 1. The Kier molecular flexibility index (Phi) is 3.68. The first-order chi connectivity index (χ1) is 11.6. The average molecular weight is 343 g/mol. The van der Waals surface area contributed by atoms with Crippen molar-refractivity contribution in [1.29, 1.82) is 0 Å². The van der Waals surface area contributed by atoms with E-state index < -0.39 is 0 Å². The van der Waals surface area contributed by atoms with Crippen LogP contribution in [0.1, 0.15) is 47.2 Å². The molecule has 0 saturated carbocycles. The summed E-state index contributed by atoms with van der Waals surface area (Å²) in [7, 11) is 0. The summed E-state index contributed by atoms with van der Waals surface area (Å²) in [6, 6.07) is 3.27. The van der Waals surface area contributed by atoms with Crippen LogP contribution in [0.4, 0.5) is 0 Å². The lowest BCUT2D eigenvalue weighted by molar-refractivity contribution is 0.0600. The Morgan fingerprint density at radius 2 is 2.25 bits per heavy atom. The summed E-state index contributed by atoms with van der Waals surface area (Å²) in [6.07, 6.45) is 2.88. The highest BCUT2D eigenvalue weighted by Gasteiger charge is 2.31. The van der Waals surface area contributed by atoms with Gasteiger partial charge in [-0.2, -0.15) is 0 Å². The number of nitrogens with zero attached hydrogens (tertiary/aromatic N) is 4. The summed E-state index contributed by atoms with van der Waals surface area (Å²) < 4.78 is 1.43. The molecule has 0 aromatic carbocycles. The molecule has 3 aromatic heterocycles. The van der Waals surface area contributed by atoms with E-state index in [9.17, 15) is 9.59 Å². The third-order valence-corrected chi connectivity index (χ3v) is 4.96. The van der Waals surface area contributed by atoms with Crippen LogP contribution in [0.2, 0.25) is 0 Å². The van der Waals surface area contributed by atoms with Gasteiger partial charge in [0.05, 0.1) is 17.2 Å². The number of nitrogens with one attached hydrogen (secondary N) is 1. The second-order valence-electron chi connectivity index (χ2n) is 6.02. The van der Waals surface area contributed by atoms with E-state index >= 15 is 0 Å². The predicted molar refractivity (Wildman–Crippen MR) is 90.3 cm³/mol. The van der Waals surface area contributed by atoms with E-state index in [0.29, 0.717) is 23.6 Å². The Morgan fingerprint density at radius 3 is 3.04 bits per heavy atom. The number of aromatic amines is 1. The van der Waals surface area contributed by atoms with Crippen molar-refractivity contribution in [2.45, 2.75) is 32.2 Å². The Hall–Kier alpha value is -2.48. The summed E-state index contributed by atoms with van der Waals surface area (Å²) in [5.74, 6) is -0.0592. The monoisotopic (exact) mass is 343 g/mol. The van der Waals surface area contributed by atoms with Crippen molar-refractivity contribution < 1.29 is 4.79 Å². The van der Waals surface area contributed by atoms with Crippen LogP contribution in [-0.4, -0.2) is 36.9 Å². The normalized spacial score (nSPS) is 18.2. The smallest absolute Gasteiger partial charge is 0.273 e. The molecule has 3 aromatic rings. The topological polar surface area (TPSA) is 83.4 Å². The number of thiazole rings is 1. The van der Waals surface area contributed by atoms with E-state index in [1.807, 2.05) is 11.0 Å². The summed E-state index contributed by atoms with van der Waals surface area (Å²) >= 11 is 1.41. The zero-order valence-corrected chi connectivity index (χ0v) is 14.0. The van der Waals surface area contributed by atoms with Gasteiger partial charge in [-0.05, 0) is 26.2 Å². The van der Waals surface area contributed by atoms with Crippen LogP contribution in [0.25, 0.3) is 5.65 Å². The number of carbonyl (C=O) groups excluding carboxylic acids is 1. The highest BCUT2D eigenvalue weighted by Crippen LogP contribution is 2.31. The lowest BCUT2D eigenvalue weighted by Gasteiger charge is -2.34. The van der Waals surface area contributed by atoms with E-state index in [-0.39, 0.29) is 17.5 Å². The van der Waals surface area contributed by atoms with Crippen molar-refractivity contribution in [3.8, 4) is 0 Å². The van der Waals surface area contributed by atoms with Crippen LogP contribution in [0.3, 0.4) is 0 Å². The van der Waals surface area contributed by atoms with Crippen LogP contribution in [0.15, 0.2) is 27.8 Å². The summed E-state index contributed by atoms with van der Waals surface area (Å²) in [5, 5.41) is 4.89. The summed E-state index contributed by atoms with van der Waals surface area (Å²) in [4.78, 5) is 35.2. The van der Waals surface area contributed by atoms with Crippen molar-refractivity contribution in [1.82, 2.24) is 24.5 Å². The summed E-state index contributed by atoms with van der Waals surface area (Å²) in [6.45, 7) is 2.49. The Bertz CT molecular complexity index is 943. The number of aryl methyl sites for hydroxylation is 1. The molecule has 8 heteroatoms. The van der Waals surface area contributed by atoms with Crippen molar-refractivity contribution >= 4 is 22.9 Å². The molecule has 1 atom stereocenters. The molecule has 1 aliphatic heterocycles. The van der Waals surface area contributed by atoms with Gasteiger partial charge in [0, 0.05) is 29.8 Å². The maximum absolute atomic E-state index is 12.8. The molecule has 24 heavy (non-hydrogen) atoms. The van der Waals surface area contributed by atoms with Gasteiger partial charge in [-0.15, -0.1) is 11.3 Å². The number of amides is 1. The van der Waals surface area contributed by atoms with Gasteiger partial charge in [0.2, 0.25) is 0 Å². The number of hydrogen-bond donors (Lipinski definition) is 1. The molecule has 1 fully saturated rings. The number of carbonyl (C=O) groups is 1. The number of piperidine rings is 1. The highest BCUT2D eigenvalue weighted by atomic mass is 32.1. The fourth-order valence-corrected chi connectivity index (χ4v) is 3.79. The molecule has 124 valence electrons. The van der Waals surface area contributed by atoms with Crippen LogP contribution in [0, 0.1) is 6.92 Å². The zero-order valence-electron chi connectivity index (χ0n) is 13.2. The number of likely N-dealkylation sites (tertiary alicyclic amines) is 1. The van der Waals surface area contributed by atoms with Crippen LogP contribution in [0.5, 0.6) is 0 Å². The third-order valence-electron chi connectivity index (χ3n) is 4.37.